The Labute approximate surface area is 131 Å². The van der Waals surface area contributed by atoms with E-state index in [0.29, 0.717) is 11.2 Å². The fraction of sp³-hybridized carbons (Fsp3) is 0.462. The van der Waals surface area contributed by atoms with Gasteiger partial charge in [0.2, 0.25) is 0 Å². The third-order valence-corrected chi connectivity index (χ3v) is 3.75. The van der Waals surface area contributed by atoms with Gasteiger partial charge in [-0.1, -0.05) is 6.58 Å². The molecule has 2 aromatic heterocycles. The van der Waals surface area contributed by atoms with Gasteiger partial charge in [-0.25, -0.2) is 15.0 Å². The number of aliphatic hydroxyl groups excluding tert-OH is 3. The van der Waals surface area contributed by atoms with Crippen molar-refractivity contribution in [1.29, 1.82) is 0 Å². The van der Waals surface area contributed by atoms with Gasteiger partial charge in [-0.3, -0.25) is 9.88 Å². The molecule has 3 heterocycles. The molecule has 0 saturated carbocycles. The summed E-state index contributed by atoms with van der Waals surface area (Å²) in [6, 6.07) is 0. The van der Waals surface area contributed by atoms with Crippen molar-refractivity contribution in [2.75, 3.05) is 12.3 Å². The number of nitrogen functional groups attached to an aromatic ring is 1. The summed E-state index contributed by atoms with van der Waals surface area (Å²) < 4.78 is 7.18. The maximum absolute atomic E-state index is 10.2. The Kier molecular flexibility index (Phi) is 4.24. The SMILES string of the molecule is C=CC(O)NC[C@H]1O[C@@H](n2cnc3c(N)ncnc32)[C@H](O)[C@@H]1O. The topological polar surface area (TPSA) is 152 Å². The van der Waals surface area contributed by atoms with Crippen LogP contribution in [-0.2, 0) is 4.74 Å². The van der Waals surface area contributed by atoms with Crippen LogP contribution >= 0.6 is 0 Å². The molecule has 3 rings (SSSR count). The van der Waals surface area contributed by atoms with Crippen LogP contribution in [0.3, 0.4) is 0 Å². The third-order valence-electron chi connectivity index (χ3n) is 3.75. The van der Waals surface area contributed by atoms with Crippen molar-refractivity contribution >= 4 is 17.0 Å². The lowest BCUT2D eigenvalue weighted by molar-refractivity contribution is -0.0365. The van der Waals surface area contributed by atoms with Crippen molar-refractivity contribution in [3.63, 3.8) is 0 Å². The molecule has 1 saturated heterocycles. The molecule has 0 bridgehead atoms. The first-order valence-electron chi connectivity index (χ1n) is 7.01. The van der Waals surface area contributed by atoms with Crippen molar-refractivity contribution in [2.24, 2.45) is 0 Å². The highest BCUT2D eigenvalue weighted by molar-refractivity contribution is 5.81. The smallest absolute Gasteiger partial charge is 0.167 e. The second-order valence-electron chi connectivity index (χ2n) is 5.22. The highest BCUT2D eigenvalue weighted by atomic mass is 16.6. The van der Waals surface area contributed by atoms with Gasteiger partial charge in [-0.15, -0.1) is 0 Å². The number of aliphatic hydroxyl groups is 3. The zero-order valence-corrected chi connectivity index (χ0v) is 12.1. The van der Waals surface area contributed by atoms with Crippen LogP contribution in [0.15, 0.2) is 25.3 Å². The van der Waals surface area contributed by atoms with Gasteiger partial charge in [-0.05, 0) is 6.08 Å². The van der Waals surface area contributed by atoms with E-state index in [2.05, 4.69) is 26.8 Å². The van der Waals surface area contributed by atoms with E-state index in [9.17, 15) is 15.3 Å². The van der Waals surface area contributed by atoms with Gasteiger partial charge in [0.15, 0.2) is 17.7 Å². The normalized spacial score (nSPS) is 29.0. The molecular formula is C13H18N6O4. The molecule has 1 unspecified atom stereocenters. The number of nitrogens with two attached hydrogens (primary N) is 1. The first kappa shape index (κ1) is 15.8. The monoisotopic (exact) mass is 322 g/mol. The van der Waals surface area contributed by atoms with Crippen LogP contribution in [0.1, 0.15) is 6.23 Å². The number of nitrogens with zero attached hydrogens (tertiary/aromatic N) is 4. The molecule has 5 atom stereocenters. The summed E-state index contributed by atoms with van der Waals surface area (Å²) in [5, 5.41) is 32.5. The molecule has 0 aliphatic carbocycles. The molecule has 0 spiro atoms. The third kappa shape index (κ3) is 2.78. The van der Waals surface area contributed by atoms with Gasteiger partial charge < -0.3 is 25.8 Å². The lowest BCUT2D eigenvalue weighted by atomic mass is 10.1. The van der Waals surface area contributed by atoms with Crippen molar-refractivity contribution in [3.8, 4) is 0 Å². The summed E-state index contributed by atoms with van der Waals surface area (Å²) in [7, 11) is 0. The minimum atomic E-state index is -1.18. The van der Waals surface area contributed by atoms with Gasteiger partial charge in [0.05, 0.1) is 6.33 Å². The molecule has 124 valence electrons. The maximum atomic E-state index is 10.2. The van der Waals surface area contributed by atoms with Crippen molar-refractivity contribution in [1.82, 2.24) is 24.8 Å². The van der Waals surface area contributed by atoms with E-state index >= 15 is 0 Å². The Morgan fingerprint density at radius 3 is 2.91 bits per heavy atom. The molecule has 0 amide bonds. The number of anilines is 1. The predicted molar refractivity (Wildman–Crippen MR) is 79.9 cm³/mol. The predicted octanol–water partition coefficient (Wildman–Crippen LogP) is -1.88. The van der Waals surface area contributed by atoms with Crippen molar-refractivity contribution in [2.45, 2.75) is 30.8 Å². The average molecular weight is 322 g/mol. The Hall–Kier alpha value is -2.11. The lowest BCUT2D eigenvalue weighted by Gasteiger charge is -2.17. The Balaban J connectivity index is 1.82. The second-order valence-corrected chi connectivity index (χ2v) is 5.22. The Morgan fingerprint density at radius 2 is 2.17 bits per heavy atom. The number of imidazole rings is 1. The van der Waals surface area contributed by atoms with Crippen LogP contribution in [0.2, 0.25) is 0 Å². The minimum absolute atomic E-state index is 0.131. The van der Waals surface area contributed by atoms with Gasteiger partial charge in [-0.2, -0.15) is 0 Å². The Bertz CT molecular complexity index is 707. The Morgan fingerprint density at radius 1 is 1.39 bits per heavy atom. The molecule has 23 heavy (non-hydrogen) atoms. The van der Waals surface area contributed by atoms with E-state index < -0.39 is 30.8 Å². The number of hydrogen-bond acceptors (Lipinski definition) is 9. The van der Waals surface area contributed by atoms with Gasteiger partial charge in [0.25, 0.3) is 0 Å². The highest BCUT2D eigenvalue weighted by Gasteiger charge is 2.44. The van der Waals surface area contributed by atoms with Crippen LogP contribution in [-0.4, -0.2) is 65.9 Å². The summed E-state index contributed by atoms with van der Waals surface area (Å²) in [6.07, 6.45) is -0.838. The standard InChI is InChI=1S/C13H18N6O4/c1-2-7(20)15-3-6-9(21)10(22)13(23-6)19-5-18-8-11(14)16-4-17-12(8)19/h2,4-7,9-10,13,15,20-22H,1,3H2,(H2,14,16,17)/t6-,7?,9-,10-,13-/m1/s1. The average Bonchev–Trinajstić information content (AvgIpc) is 3.09. The molecule has 1 fully saturated rings. The highest BCUT2D eigenvalue weighted by Crippen LogP contribution is 2.31. The summed E-state index contributed by atoms with van der Waals surface area (Å²) in [5.74, 6) is 0.217. The fourth-order valence-corrected chi connectivity index (χ4v) is 2.50. The molecular weight excluding hydrogens is 304 g/mol. The van der Waals surface area contributed by atoms with E-state index in [-0.39, 0.29) is 12.4 Å². The van der Waals surface area contributed by atoms with Crippen LogP contribution < -0.4 is 11.1 Å². The molecule has 2 aromatic rings. The number of ether oxygens (including phenoxy) is 1. The zero-order valence-electron chi connectivity index (χ0n) is 12.1. The fourth-order valence-electron chi connectivity index (χ4n) is 2.50. The van der Waals surface area contributed by atoms with E-state index in [4.69, 9.17) is 10.5 Å². The molecule has 10 nitrogen and oxygen atoms in total. The minimum Gasteiger partial charge on any atom is -0.387 e. The molecule has 0 aromatic carbocycles. The number of nitrogens with one attached hydrogen (secondary N) is 1. The van der Waals surface area contributed by atoms with Crippen LogP contribution in [0.4, 0.5) is 5.82 Å². The van der Waals surface area contributed by atoms with E-state index in [0.717, 1.165) is 0 Å². The van der Waals surface area contributed by atoms with Crippen molar-refractivity contribution < 1.29 is 20.1 Å². The maximum Gasteiger partial charge on any atom is 0.167 e. The number of rotatable bonds is 5. The molecule has 6 N–H and O–H groups in total. The van der Waals surface area contributed by atoms with E-state index in [1.165, 1.54) is 23.3 Å². The summed E-state index contributed by atoms with van der Waals surface area (Å²) in [6.45, 7) is 3.56. The first-order chi connectivity index (χ1) is 11.0. The quantitative estimate of drug-likeness (QED) is 0.314. The summed E-state index contributed by atoms with van der Waals surface area (Å²) >= 11 is 0. The largest absolute Gasteiger partial charge is 0.387 e. The molecule has 1 aliphatic heterocycles. The van der Waals surface area contributed by atoms with Crippen LogP contribution in [0.25, 0.3) is 11.2 Å². The molecule has 0 radical (unpaired) electrons. The van der Waals surface area contributed by atoms with Gasteiger partial charge in [0.1, 0.15) is 36.4 Å². The van der Waals surface area contributed by atoms with Crippen molar-refractivity contribution in [3.05, 3.63) is 25.3 Å². The summed E-state index contributed by atoms with van der Waals surface area (Å²) in [4.78, 5) is 12.0. The number of hydrogen-bond donors (Lipinski definition) is 5. The first-order valence-corrected chi connectivity index (χ1v) is 7.01. The zero-order chi connectivity index (χ0) is 16.6. The van der Waals surface area contributed by atoms with Crippen LogP contribution in [0.5, 0.6) is 0 Å². The van der Waals surface area contributed by atoms with Crippen LogP contribution in [0, 0.1) is 0 Å². The molecule has 10 heteroatoms. The second kappa shape index (κ2) is 6.18. The molecule has 1 aliphatic rings. The number of fused-ring (bicyclic) bond motifs is 1. The van der Waals surface area contributed by atoms with E-state index in [1.807, 2.05) is 0 Å². The lowest BCUT2D eigenvalue weighted by Crippen LogP contribution is -2.40. The summed E-state index contributed by atoms with van der Waals surface area (Å²) in [5.41, 5.74) is 6.51. The number of aromatic nitrogens is 4. The van der Waals surface area contributed by atoms with Gasteiger partial charge >= 0.3 is 0 Å². The van der Waals surface area contributed by atoms with Gasteiger partial charge in [0, 0.05) is 6.54 Å². The van der Waals surface area contributed by atoms with E-state index in [1.54, 1.807) is 0 Å².